The second-order valence-electron chi connectivity index (χ2n) is 4.90. The molecule has 0 saturated carbocycles. The van der Waals surface area contributed by atoms with E-state index in [-0.39, 0.29) is 17.5 Å². The lowest BCUT2D eigenvalue weighted by Crippen LogP contribution is -2.25. The number of hydrogen-bond donors (Lipinski definition) is 1. The first-order valence-electron chi connectivity index (χ1n) is 6.33. The zero-order valence-corrected chi connectivity index (χ0v) is 11.8. The van der Waals surface area contributed by atoms with Gasteiger partial charge in [-0.25, -0.2) is 0 Å². The lowest BCUT2D eigenvalue weighted by molar-refractivity contribution is -0.286. The summed E-state index contributed by atoms with van der Waals surface area (Å²) >= 11 is 1.64. The fourth-order valence-electron chi connectivity index (χ4n) is 2.21. The molecular formula is C13H14F2N2O2S. The van der Waals surface area contributed by atoms with Crippen molar-refractivity contribution < 1.29 is 18.3 Å². The SMILES string of the molecule is CC1CC(C)SC(Nc2ccc3c(c2)OC(F)(F)O3)=N1. The van der Waals surface area contributed by atoms with Crippen LogP contribution in [0.25, 0.3) is 0 Å². The number of ether oxygens (including phenoxy) is 2. The smallest absolute Gasteiger partial charge is 0.395 e. The van der Waals surface area contributed by atoms with Crippen molar-refractivity contribution in [3.05, 3.63) is 18.2 Å². The molecule has 0 bridgehead atoms. The van der Waals surface area contributed by atoms with Crippen LogP contribution in [0, 0.1) is 0 Å². The van der Waals surface area contributed by atoms with Gasteiger partial charge in [0.15, 0.2) is 16.7 Å². The summed E-state index contributed by atoms with van der Waals surface area (Å²) in [5, 5.41) is 4.40. The molecule has 2 unspecified atom stereocenters. The molecule has 0 spiro atoms. The van der Waals surface area contributed by atoms with E-state index in [1.807, 2.05) is 0 Å². The summed E-state index contributed by atoms with van der Waals surface area (Å²) in [6, 6.07) is 4.87. The molecule has 1 N–H and O–H groups in total. The van der Waals surface area contributed by atoms with Crippen LogP contribution in [0.1, 0.15) is 20.3 Å². The van der Waals surface area contributed by atoms with Gasteiger partial charge in [-0.3, -0.25) is 4.99 Å². The minimum Gasteiger partial charge on any atom is -0.395 e. The highest BCUT2D eigenvalue weighted by Gasteiger charge is 2.43. The molecule has 0 saturated heterocycles. The Bertz CT molecular complexity index is 565. The van der Waals surface area contributed by atoms with Gasteiger partial charge in [0.2, 0.25) is 0 Å². The summed E-state index contributed by atoms with van der Waals surface area (Å²) in [6.45, 7) is 4.19. The monoisotopic (exact) mass is 300 g/mol. The molecule has 3 rings (SSSR count). The van der Waals surface area contributed by atoms with Crippen molar-refractivity contribution in [1.29, 1.82) is 0 Å². The van der Waals surface area contributed by atoms with Gasteiger partial charge in [0, 0.05) is 17.0 Å². The van der Waals surface area contributed by atoms with Crippen LogP contribution in [-0.2, 0) is 0 Å². The van der Waals surface area contributed by atoms with Gasteiger partial charge in [0.05, 0.1) is 6.04 Å². The molecule has 0 fully saturated rings. The Balaban J connectivity index is 1.77. The number of nitrogens with one attached hydrogen (secondary N) is 1. The van der Waals surface area contributed by atoms with Gasteiger partial charge in [-0.15, -0.1) is 8.78 Å². The molecule has 1 aromatic carbocycles. The second kappa shape index (κ2) is 4.80. The Hall–Kier alpha value is -1.50. The number of halogens is 2. The zero-order chi connectivity index (χ0) is 14.3. The van der Waals surface area contributed by atoms with Gasteiger partial charge in [-0.05, 0) is 25.5 Å². The zero-order valence-electron chi connectivity index (χ0n) is 11.0. The highest BCUT2D eigenvalue weighted by molar-refractivity contribution is 8.14. The fraction of sp³-hybridized carbons (Fsp3) is 0.462. The number of fused-ring (bicyclic) bond motifs is 1. The number of rotatable bonds is 1. The average molecular weight is 300 g/mol. The predicted molar refractivity (Wildman–Crippen MR) is 74.8 cm³/mol. The maximum Gasteiger partial charge on any atom is 0.586 e. The van der Waals surface area contributed by atoms with E-state index >= 15 is 0 Å². The molecule has 0 amide bonds. The number of aliphatic imine (C=N–C) groups is 1. The van der Waals surface area contributed by atoms with Crippen LogP contribution in [0.3, 0.4) is 0 Å². The molecule has 4 nitrogen and oxygen atoms in total. The van der Waals surface area contributed by atoms with Crippen LogP contribution in [0.4, 0.5) is 14.5 Å². The summed E-state index contributed by atoms with van der Waals surface area (Å²) < 4.78 is 34.7. The Labute approximate surface area is 119 Å². The number of alkyl halides is 2. The number of hydrogen-bond acceptors (Lipinski definition) is 5. The van der Waals surface area contributed by atoms with E-state index in [0.29, 0.717) is 10.9 Å². The molecule has 0 aromatic heterocycles. The first kappa shape index (κ1) is 13.5. The van der Waals surface area contributed by atoms with Gasteiger partial charge in [-0.2, -0.15) is 0 Å². The van der Waals surface area contributed by atoms with E-state index in [1.54, 1.807) is 17.8 Å². The number of benzene rings is 1. The predicted octanol–water partition coefficient (Wildman–Crippen LogP) is 3.69. The summed E-state index contributed by atoms with van der Waals surface area (Å²) in [7, 11) is 0. The molecule has 108 valence electrons. The van der Waals surface area contributed by atoms with E-state index in [4.69, 9.17) is 0 Å². The molecule has 20 heavy (non-hydrogen) atoms. The molecule has 0 aliphatic carbocycles. The minimum atomic E-state index is -3.58. The molecular weight excluding hydrogens is 286 g/mol. The van der Waals surface area contributed by atoms with Gasteiger partial charge < -0.3 is 14.8 Å². The highest BCUT2D eigenvalue weighted by atomic mass is 32.2. The fourth-order valence-corrected chi connectivity index (χ4v) is 3.39. The van der Waals surface area contributed by atoms with E-state index in [1.165, 1.54) is 12.1 Å². The average Bonchev–Trinajstić information content (AvgIpc) is 2.60. The molecule has 2 aliphatic rings. The van der Waals surface area contributed by atoms with Crippen molar-refractivity contribution >= 4 is 22.6 Å². The minimum absolute atomic E-state index is 0.0301. The first-order chi connectivity index (χ1) is 9.41. The van der Waals surface area contributed by atoms with Crippen LogP contribution < -0.4 is 14.8 Å². The van der Waals surface area contributed by atoms with Gasteiger partial charge in [-0.1, -0.05) is 18.7 Å². The number of amidine groups is 1. The topological polar surface area (TPSA) is 42.8 Å². The second-order valence-corrected chi connectivity index (χ2v) is 6.33. The lowest BCUT2D eigenvalue weighted by Gasteiger charge is -2.23. The molecule has 2 aliphatic heterocycles. The molecule has 1 aromatic rings. The summed E-state index contributed by atoms with van der Waals surface area (Å²) in [5.41, 5.74) is 0.651. The third-order valence-corrected chi connectivity index (χ3v) is 4.00. The van der Waals surface area contributed by atoms with Gasteiger partial charge in [0.1, 0.15) is 0 Å². The van der Waals surface area contributed by atoms with Crippen LogP contribution in [0.15, 0.2) is 23.2 Å². The number of anilines is 1. The number of nitrogens with zero attached hydrogens (tertiary/aromatic N) is 1. The highest BCUT2D eigenvalue weighted by Crippen LogP contribution is 2.42. The summed E-state index contributed by atoms with van der Waals surface area (Å²) in [4.78, 5) is 4.50. The van der Waals surface area contributed by atoms with Crippen molar-refractivity contribution in [2.45, 2.75) is 37.9 Å². The van der Waals surface area contributed by atoms with Gasteiger partial charge >= 0.3 is 6.29 Å². The largest absolute Gasteiger partial charge is 0.586 e. The number of thioether (sulfide) groups is 1. The molecule has 2 heterocycles. The van der Waals surface area contributed by atoms with Crippen LogP contribution in [0.2, 0.25) is 0 Å². The Morgan fingerprint density at radius 2 is 2.05 bits per heavy atom. The molecule has 0 radical (unpaired) electrons. The van der Waals surface area contributed by atoms with Crippen molar-refractivity contribution in [2.75, 3.05) is 5.32 Å². The lowest BCUT2D eigenvalue weighted by atomic mass is 10.2. The summed E-state index contributed by atoms with van der Waals surface area (Å²) in [5.74, 6) is 0.0722. The quantitative estimate of drug-likeness (QED) is 0.859. The Morgan fingerprint density at radius 3 is 2.80 bits per heavy atom. The van der Waals surface area contributed by atoms with E-state index in [0.717, 1.165) is 11.6 Å². The standard InChI is InChI=1S/C13H14F2N2O2S/c1-7-5-8(2)20-12(16-7)17-9-3-4-10-11(6-9)19-13(14,15)18-10/h3-4,6-8H,5H2,1-2H3,(H,16,17). The summed E-state index contributed by atoms with van der Waals surface area (Å²) in [6.07, 6.45) is -2.55. The molecule has 7 heteroatoms. The van der Waals surface area contributed by atoms with Gasteiger partial charge in [0.25, 0.3) is 0 Å². The maximum atomic E-state index is 12.9. The maximum absolute atomic E-state index is 12.9. The van der Waals surface area contributed by atoms with Crippen molar-refractivity contribution in [1.82, 2.24) is 0 Å². The van der Waals surface area contributed by atoms with Crippen LogP contribution in [-0.4, -0.2) is 22.8 Å². The normalized spacial score (nSPS) is 27.1. The third-order valence-electron chi connectivity index (χ3n) is 2.98. The molecule has 2 atom stereocenters. The van der Waals surface area contributed by atoms with Crippen molar-refractivity contribution in [3.8, 4) is 11.5 Å². The van der Waals surface area contributed by atoms with E-state index < -0.39 is 6.29 Å². The van der Waals surface area contributed by atoms with Crippen LogP contribution in [0.5, 0.6) is 11.5 Å². The van der Waals surface area contributed by atoms with Crippen LogP contribution >= 0.6 is 11.8 Å². The first-order valence-corrected chi connectivity index (χ1v) is 7.20. The third kappa shape index (κ3) is 2.82. The van der Waals surface area contributed by atoms with Crippen molar-refractivity contribution in [2.24, 2.45) is 4.99 Å². The Morgan fingerprint density at radius 1 is 1.30 bits per heavy atom. The van der Waals surface area contributed by atoms with Crippen molar-refractivity contribution in [3.63, 3.8) is 0 Å². The Kier molecular flexibility index (Phi) is 3.24. The van der Waals surface area contributed by atoms with E-state index in [9.17, 15) is 8.78 Å². The van der Waals surface area contributed by atoms with E-state index in [2.05, 4.69) is 33.6 Å².